The second kappa shape index (κ2) is 16.3. The van der Waals surface area contributed by atoms with Gasteiger partial charge in [0.2, 0.25) is 0 Å². The van der Waals surface area contributed by atoms with E-state index in [9.17, 15) is 19.2 Å². The zero-order valence-corrected chi connectivity index (χ0v) is 25.2. The maximum atomic E-state index is 10.3. The third-order valence-corrected chi connectivity index (χ3v) is 12.8. The molecule has 216 valence electrons. The van der Waals surface area contributed by atoms with E-state index in [-0.39, 0.29) is 22.3 Å². The monoisotopic (exact) mass is 684 g/mol. The third kappa shape index (κ3) is 9.99. The molecule has 0 aromatic heterocycles. The first kappa shape index (κ1) is 32.3. The van der Waals surface area contributed by atoms with Crippen LogP contribution < -0.4 is 10.5 Å². The fourth-order valence-corrected chi connectivity index (χ4v) is 10.3. The molecule has 0 radical (unpaired) electrons. The molecule has 4 N–H and O–H groups in total. The van der Waals surface area contributed by atoms with Crippen LogP contribution in [0.3, 0.4) is 0 Å². The van der Waals surface area contributed by atoms with Gasteiger partial charge in [0.1, 0.15) is 0 Å². The number of aromatic carboxylic acids is 4. The number of carboxylic acids is 4. The Morgan fingerprint density at radius 3 is 0.674 bits per heavy atom. The number of carbonyl (C=O) groups is 4. The van der Waals surface area contributed by atoms with Gasteiger partial charge < -0.3 is 20.4 Å². The van der Waals surface area contributed by atoms with Crippen molar-refractivity contribution in [2.24, 2.45) is 0 Å². The Bertz CT molecular complexity index is 1410. The number of benzene rings is 5. The fourth-order valence-electron chi connectivity index (χ4n) is 3.69. The minimum atomic E-state index is -1.83. The van der Waals surface area contributed by atoms with Crippen molar-refractivity contribution in [1.82, 2.24) is 0 Å². The zero-order chi connectivity index (χ0) is 31.2. The van der Waals surface area contributed by atoms with Gasteiger partial charge in [0.15, 0.2) is 0 Å². The number of carboxylic acid groups (broad SMARTS) is 4. The van der Waals surface area contributed by atoms with Crippen LogP contribution in [0.25, 0.3) is 0 Å². The van der Waals surface area contributed by atoms with Crippen molar-refractivity contribution in [2.45, 2.75) is 0 Å². The van der Waals surface area contributed by atoms with Gasteiger partial charge in [0.25, 0.3) is 0 Å². The van der Waals surface area contributed by atoms with Crippen LogP contribution in [-0.2, 0) is 0 Å². The molecular formula is C34H27O8Sb. The molecule has 0 fully saturated rings. The van der Waals surface area contributed by atoms with E-state index >= 15 is 0 Å². The molecule has 5 aromatic rings. The molecule has 9 heteroatoms. The summed E-state index contributed by atoms with van der Waals surface area (Å²) in [5, 5.41) is 33.9. The van der Waals surface area contributed by atoms with Crippen LogP contribution in [0.4, 0.5) is 0 Å². The van der Waals surface area contributed by atoms with Crippen molar-refractivity contribution in [3.63, 3.8) is 0 Å². The molecule has 8 nitrogen and oxygen atoms in total. The molecule has 0 saturated heterocycles. The van der Waals surface area contributed by atoms with Gasteiger partial charge in [-0.05, 0) is 48.5 Å². The summed E-state index contributed by atoms with van der Waals surface area (Å²) >= 11 is -1.83. The number of hydrogen-bond donors (Lipinski definition) is 4. The van der Waals surface area contributed by atoms with E-state index in [1.54, 1.807) is 0 Å². The van der Waals surface area contributed by atoms with Crippen LogP contribution in [0.2, 0.25) is 0 Å². The second-order valence-electron chi connectivity index (χ2n) is 8.72. The molecule has 0 aliphatic carbocycles. The molecule has 5 rings (SSSR count). The SMILES string of the molecule is O=C(O)c1ccc(C(=O)O)cc1.O=C(O)c1ccc(C(=O)O)cc1.c1cc[c]([Sb]([c]2ccccc2)[c]2ccccc2)cc1. The van der Waals surface area contributed by atoms with Crippen LogP contribution in [0.15, 0.2) is 140 Å². The van der Waals surface area contributed by atoms with Gasteiger partial charge >= 0.3 is 146 Å². The second-order valence-corrected chi connectivity index (χ2v) is 15.1. The summed E-state index contributed by atoms with van der Waals surface area (Å²) in [5.74, 6) is -4.25. The molecule has 0 aliphatic heterocycles. The zero-order valence-electron chi connectivity index (χ0n) is 22.6. The molecule has 0 bridgehead atoms. The average molecular weight is 685 g/mol. The predicted octanol–water partition coefficient (Wildman–Crippen LogP) is 4.37. The number of rotatable bonds is 7. The van der Waals surface area contributed by atoms with E-state index < -0.39 is 44.1 Å². The third-order valence-electron chi connectivity index (χ3n) is 5.80. The van der Waals surface area contributed by atoms with Crippen molar-refractivity contribution in [3.05, 3.63) is 162 Å². The van der Waals surface area contributed by atoms with Gasteiger partial charge in [-0.3, -0.25) is 0 Å². The van der Waals surface area contributed by atoms with E-state index in [1.807, 2.05) is 0 Å². The summed E-state index contributed by atoms with van der Waals surface area (Å²) in [6.07, 6.45) is 0. The van der Waals surface area contributed by atoms with Gasteiger partial charge in [-0.1, -0.05) is 0 Å². The van der Waals surface area contributed by atoms with E-state index in [0.29, 0.717) is 0 Å². The predicted molar refractivity (Wildman–Crippen MR) is 165 cm³/mol. The quantitative estimate of drug-likeness (QED) is 0.185. The molecular weight excluding hydrogens is 658 g/mol. The maximum absolute atomic E-state index is 10.3. The molecule has 0 saturated carbocycles. The summed E-state index contributed by atoms with van der Waals surface area (Å²) in [6.45, 7) is 0. The summed E-state index contributed by atoms with van der Waals surface area (Å²) in [4.78, 5) is 41.3. The topological polar surface area (TPSA) is 149 Å². The number of hydrogen-bond acceptors (Lipinski definition) is 4. The van der Waals surface area contributed by atoms with Crippen LogP contribution >= 0.6 is 0 Å². The van der Waals surface area contributed by atoms with Gasteiger partial charge in [-0.15, -0.1) is 0 Å². The Kier molecular flexibility index (Phi) is 12.2. The molecule has 0 spiro atoms. The first-order valence-electron chi connectivity index (χ1n) is 12.8. The summed E-state index contributed by atoms with van der Waals surface area (Å²) in [6, 6.07) is 42.9. The van der Waals surface area contributed by atoms with Gasteiger partial charge in [0, 0.05) is 0 Å². The van der Waals surface area contributed by atoms with Crippen LogP contribution in [-0.4, -0.2) is 64.5 Å². The summed E-state index contributed by atoms with van der Waals surface area (Å²) in [7, 11) is 0. The van der Waals surface area contributed by atoms with Crippen LogP contribution in [0.1, 0.15) is 41.4 Å². The van der Waals surface area contributed by atoms with Crippen LogP contribution in [0, 0.1) is 0 Å². The standard InChI is InChI=1S/2C8H6O4.3C6H5.Sb/c2*9-7(10)5-1-2-6(4-3-5)8(11)12;3*1-2-4-6-5-3-1;/h2*1-4H,(H,9,10)(H,11,12);3*1-5H;. The van der Waals surface area contributed by atoms with Crippen molar-refractivity contribution >= 4 is 54.6 Å². The van der Waals surface area contributed by atoms with E-state index in [0.717, 1.165) is 0 Å². The Morgan fingerprint density at radius 2 is 0.512 bits per heavy atom. The minimum absolute atomic E-state index is 0.0833. The Morgan fingerprint density at radius 1 is 0.326 bits per heavy atom. The fraction of sp³-hybridized carbons (Fsp3) is 0. The van der Waals surface area contributed by atoms with Crippen LogP contribution in [0.5, 0.6) is 0 Å². The Balaban J connectivity index is 0.000000186. The molecule has 0 heterocycles. The van der Waals surface area contributed by atoms with E-state index in [1.165, 1.54) is 59.1 Å². The summed E-state index contributed by atoms with van der Waals surface area (Å²) < 4.78 is 4.55. The Labute approximate surface area is 255 Å². The van der Waals surface area contributed by atoms with Crippen molar-refractivity contribution in [1.29, 1.82) is 0 Å². The molecule has 0 unspecified atom stereocenters. The Hall–Kier alpha value is -5.20. The van der Waals surface area contributed by atoms with E-state index in [4.69, 9.17) is 20.4 Å². The van der Waals surface area contributed by atoms with Gasteiger partial charge in [-0.25, -0.2) is 19.2 Å². The van der Waals surface area contributed by atoms with Crippen molar-refractivity contribution < 1.29 is 39.6 Å². The first-order chi connectivity index (χ1) is 20.7. The summed E-state index contributed by atoms with van der Waals surface area (Å²) in [5.41, 5.74) is 0.333. The molecule has 0 aliphatic rings. The van der Waals surface area contributed by atoms with Gasteiger partial charge in [0.05, 0.1) is 22.3 Å². The molecule has 0 amide bonds. The van der Waals surface area contributed by atoms with Crippen molar-refractivity contribution in [3.8, 4) is 0 Å². The first-order valence-corrected chi connectivity index (χ1v) is 16.6. The molecule has 0 atom stereocenters. The average Bonchev–Trinajstić information content (AvgIpc) is 3.03. The van der Waals surface area contributed by atoms with E-state index in [2.05, 4.69) is 91.0 Å². The normalized spacial score (nSPS) is 9.88. The van der Waals surface area contributed by atoms with Crippen molar-refractivity contribution in [2.75, 3.05) is 0 Å². The van der Waals surface area contributed by atoms with Gasteiger partial charge in [-0.2, -0.15) is 0 Å². The molecule has 5 aromatic carbocycles. The molecule has 43 heavy (non-hydrogen) atoms.